The van der Waals surface area contributed by atoms with Gasteiger partial charge in [0.25, 0.3) is 15.9 Å². The Hall–Kier alpha value is -2.43. The van der Waals surface area contributed by atoms with Crippen molar-refractivity contribution in [1.82, 2.24) is 9.97 Å². The zero-order valence-corrected chi connectivity index (χ0v) is 20.4. The molecule has 2 heterocycles. The van der Waals surface area contributed by atoms with E-state index in [0.29, 0.717) is 13.2 Å². The van der Waals surface area contributed by atoms with Crippen molar-refractivity contribution in [3.8, 4) is 5.88 Å². The van der Waals surface area contributed by atoms with E-state index in [1.807, 2.05) is 24.3 Å². The third-order valence-corrected chi connectivity index (χ3v) is 7.42. The SMILES string of the molecule is O=S(=O)(Nc1nccnc1OCc1ccc(COC2CCCOC2)cc1)c1cccc(Cl)c1Cl. The molecule has 1 saturated heterocycles. The summed E-state index contributed by atoms with van der Waals surface area (Å²) >= 11 is 12.0. The van der Waals surface area contributed by atoms with Gasteiger partial charge >= 0.3 is 0 Å². The minimum absolute atomic E-state index is 0.0360. The molecule has 34 heavy (non-hydrogen) atoms. The van der Waals surface area contributed by atoms with Crippen LogP contribution in [0.15, 0.2) is 59.8 Å². The van der Waals surface area contributed by atoms with Crippen LogP contribution in [0.1, 0.15) is 24.0 Å². The fourth-order valence-electron chi connectivity index (χ4n) is 3.31. The standard InChI is InChI=1S/C23H23Cl2N3O5S/c24-19-4-1-5-20(21(19)25)34(29,30)28-22-23(27-11-10-26-22)33-14-17-8-6-16(7-9-17)13-32-18-3-2-12-31-15-18/h1,4-11,18H,2-3,12-15H2,(H,26,28). The van der Waals surface area contributed by atoms with Crippen molar-refractivity contribution in [2.45, 2.75) is 37.1 Å². The molecule has 4 rings (SSSR count). The summed E-state index contributed by atoms with van der Waals surface area (Å²) in [6, 6.07) is 12.1. The second-order valence-electron chi connectivity index (χ2n) is 7.62. The van der Waals surface area contributed by atoms with E-state index >= 15 is 0 Å². The second kappa shape index (κ2) is 11.3. The highest BCUT2D eigenvalue weighted by molar-refractivity contribution is 7.92. The summed E-state index contributed by atoms with van der Waals surface area (Å²) in [6.07, 6.45) is 4.94. The molecule has 0 aliphatic carbocycles. The zero-order valence-electron chi connectivity index (χ0n) is 18.1. The lowest BCUT2D eigenvalue weighted by atomic mass is 10.1. The summed E-state index contributed by atoms with van der Waals surface area (Å²) in [7, 11) is -4.07. The van der Waals surface area contributed by atoms with E-state index in [9.17, 15) is 8.42 Å². The number of sulfonamides is 1. The van der Waals surface area contributed by atoms with Gasteiger partial charge < -0.3 is 14.2 Å². The maximum atomic E-state index is 12.8. The first-order chi connectivity index (χ1) is 16.4. The van der Waals surface area contributed by atoms with Gasteiger partial charge in [0.1, 0.15) is 11.5 Å². The molecule has 2 aromatic carbocycles. The average Bonchev–Trinajstić information content (AvgIpc) is 2.85. The number of hydrogen-bond donors (Lipinski definition) is 1. The predicted octanol–water partition coefficient (Wildman–Crippen LogP) is 4.86. The molecule has 0 spiro atoms. The van der Waals surface area contributed by atoms with Crippen LogP contribution in [-0.4, -0.2) is 37.7 Å². The van der Waals surface area contributed by atoms with E-state index in [1.54, 1.807) is 0 Å². The molecule has 0 amide bonds. The number of aromatic nitrogens is 2. The quantitative estimate of drug-likeness (QED) is 0.427. The molecular formula is C23H23Cl2N3O5S. The molecule has 1 fully saturated rings. The minimum atomic E-state index is -4.07. The first kappa shape index (κ1) is 24.7. The average molecular weight is 524 g/mol. The number of anilines is 1. The Balaban J connectivity index is 1.38. The predicted molar refractivity (Wildman–Crippen MR) is 129 cm³/mol. The van der Waals surface area contributed by atoms with Crippen molar-refractivity contribution in [2.24, 2.45) is 0 Å². The summed E-state index contributed by atoms with van der Waals surface area (Å²) in [5.74, 6) is -0.0211. The van der Waals surface area contributed by atoms with E-state index < -0.39 is 10.0 Å². The first-order valence-corrected chi connectivity index (χ1v) is 12.8. The van der Waals surface area contributed by atoms with Crippen molar-refractivity contribution < 1.29 is 22.6 Å². The second-order valence-corrected chi connectivity index (χ2v) is 10.1. The lowest BCUT2D eigenvalue weighted by molar-refractivity contribution is -0.0568. The van der Waals surface area contributed by atoms with Crippen LogP contribution in [0.4, 0.5) is 5.82 Å². The Kier molecular flexibility index (Phi) is 8.23. The van der Waals surface area contributed by atoms with Gasteiger partial charge in [-0.15, -0.1) is 0 Å². The van der Waals surface area contributed by atoms with Crippen LogP contribution in [0.2, 0.25) is 10.0 Å². The van der Waals surface area contributed by atoms with Crippen LogP contribution in [0.25, 0.3) is 0 Å². The lowest BCUT2D eigenvalue weighted by Crippen LogP contribution is -2.25. The van der Waals surface area contributed by atoms with Crippen molar-refractivity contribution in [3.63, 3.8) is 0 Å². The van der Waals surface area contributed by atoms with Gasteiger partial charge in [-0.3, -0.25) is 4.72 Å². The van der Waals surface area contributed by atoms with Gasteiger partial charge in [0.2, 0.25) is 5.82 Å². The molecule has 3 aromatic rings. The van der Waals surface area contributed by atoms with Gasteiger partial charge in [-0.05, 0) is 36.1 Å². The topological polar surface area (TPSA) is 99.6 Å². The summed E-state index contributed by atoms with van der Waals surface area (Å²) in [4.78, 5) is 7.99. The smallest absolute Gasteiger partial charge is 0.264 e. The molecule has 8 nitrogen and oxygen atoms in total. The Labute approximate surface area is 208 Å². The molecule has 1 aliphatic heterocycles. The van der Waals surface area contributed by atoms with Crippen LogP contribution < -0.4 is 9.46 Å². The van der Waals surface area contributed by atoms with Crippen molar-refractivity contribution in [1.29, 1.82) is 0 Å². The van der Waals surface area contributed by atoms with Crippen LogP contribution in [0.5, 0.6) is 5.88 Å². The van der Waals surface area contributed by atoms with E-state index in [1.165, 1.54) is 30.6 Å². The molecule has 1 atom stereocenters. The van der Waals surface area contributed by atoms with Crippen LogP contribution in [0, 0.1) is 0 Å². The van der Waals surface area contributed by atoms with Crippen LogP contribution in [-0.2, 0) is 32.7 Å². The molecule has 180 valence electrons. The fraction of sp³-hybridized carbons (Fsp3) is 0.304. The van der Waals surface area contributed by atoms with Crippen molar-refractivity contribution in [3.05, 3.63) is 76.0 Å². The number of ether oxygens (including phenoxy) is 3. The van der Waals surface area contributed by atoms with Gasteiger partial charge in [-0.1, -0.05) is 53.5 Å². The Morgan fingerprint density at radius 3 is 2.50 bits per heavy atom. The van der Waals surface area contributed by atoms with E-state index in [4.69, 9.17) is 37.4 Å². The Morgan fingerprint density at radius 2 is 1.76 bits per heavy atom. The number of nitrogens with zero attached hydrogens (tertiary/aromatic N) is 2. The lowest BCUT2D eigenvalue weighted by Gasteiger charge is -2.22. The highest BCUT2D eigenvalue weighted by Gasteiger charge is 2.22. The summed E-state index contributed by atoms with van der Waals surface area (Å²) in [5, 5.41) is 0.0455. The molecule has 1 aromatic heterocycles. The van der Waals surface area contributed by atoms with Crippen LogP contribution >= 0.6 is 23.2 Å². The summed E-state index contributed by atoms with van der Waals surface area (Å²) in [6.45, 7) is 2.12. The maximum absolute atomic E-state index is 12.8. The Bertz CT molecular complexity index is 1220. The van der Waals surface area contributed by atoms with E-state index in [0.717, 1.165) is 30.6 Å². The van der Waals surface area contributed by atoms with Crippen molar-refractivity contribution >= 4 is 39.0 Å². The number of halogens is 2. The highest BCUT2D eigenvalue weighted by atomic mass is 35.5. The molecule has 0 bridgehead atoms. The fourth-order valence-corrected chi connectivity index (χ4v) is 5.08. The third-order valence-electron chi connectivity index (χ3n) is 5.10. The summed E-state index contributed by atoms with van der Waals surface area (Å²) < 4.78 is 45.1. The monoisotopic (exact) mass is 523 g/mol. The number of rotatable bonds is 9. The van der Waals surface area contributed by atoms with Gasteiger partial charge in [0.15, 0.2) is 0 Å². The van der Waals surface area contributed by atoms with Gasteiger partial charge in [0.05, 0.1) is 29.4 Å². The molecule has 0 radical (unpaired) electrons. The summed E-state index contributed by atoms with van der Waals surface area (Å²) in [5.41, 5.74) is 1.92. The van der Waals surface area contributed by atoms with E-state index in [2.05, 4.69) is 14.7 Å². The van der Waals surface area contributed by atoms with Gasteiger partial charge in [-0.25, -0.2) is 18.4 Å². The largest absolute Gasteiger partial charge is 0.470 e. The molecular weight excluding hydrogens is 501 g/mol. The number of nitrogens with one attached hydrogen (secondary N) is 1. The number of hydrogen-bond acceptors (Lipinski definition) is 7. The molecule has 1 aliphatic rings. The molecule has 1 N–H and O–H groups in total. The highest BCUT2D eigenvalue weighted by Crippen LogP contribution is 2.31. The van der Waals surface area contributed by atoms with E-state index in [-0.39, 0.29) is 39.3 Å². The molecule has 0 saturated carbocycles. The minimum Gasteiger partial charge on any atom is -0.470 e. The Morgan fingerprint density at radius 1 is 1.03 bits per heavy atom. The molecule has 1 unspecified atom stereocenters. The van der Waals surface area contributed by atoms with Crippen LogP contribution in [0.3, 0.4) is 0 Å². The van der Waals surface area contributed by atoms with Gasteiger partial charge in [0, 0.05) is 19.0 Å². The zero-order chi connectivity index (χ0) is 24.0. The third kappa shape index (κ3) is 6.37. The normalized spacial score (nSPS) is 16.2. The number of benzene rings is 2. The maximum Gasteiger partial charge on any atom is 0.264 e. The first-order valence-electron chi connectivity index (χ1n) is 10.6. The van der Waals surface area contributed by atoms with Gasteiger partial charge in [-0.2, -0.15) is 0 Å². The van der Waals surface area contributed by atoms with Crippen molar-refractivity contribution in [2.75, 3.05) is 17.9 Å². The molecule has 11 heteroatoms.